The van der Waals surface area contributed by atoms with E-state index in [1.165, 1.54) is 0 Å². The van der Waals surface area contributed by atoms with E-state index in [-0.39, 0.29) is 5.54 Å². The van der Waals surface area contributed by atoms with E-state index in [1.54, 1.807) is 6.20 Å². The molecule has 0 aromatic carbocycles. The summed E-state index contributed by atoms with van der Waals surface area (Å²) in [5, 5.41) is 0. The van der Waals surface area contributed by atoms with Crippen LogP contribution in [0, 0.1) is 0 Å². The number of hydrogen-bond acceptors (Lipinski definition) is 3. The number of aromatic nitrogens is 2. The Morgan fingerprint density at radius 2 is 2.43 bits per heavy atom. The van der Waals surface area contributed by atoms with Crippen LogP contribution in [0.15, 0.2) is 29.5 Å². The molecule has 1 aromatic rings. The molecule has 2 rings (SSSR count). The van der Waals surface area contributed by atoms with Crippen LogP contribution >= 0.6 is 0 Å². The SMILES string of the molecule is NCCCC1(c2ncc[nH]2)C=CC=N1. The highest BCUT2D eigenvalue weighted by Gasteiger charge is 2.31. The summed E-state index contributed by atoms with van der Waals surface area (Å²) in [6.07, 6.45) is 11.3. The highest BCUT2D eigenvalue weighted by atomic mass is 15.0. The van der Waals surface area contributed by atoms with Gasteiger partial charge in [0, 0.05) is 18.6 Å². The van der Waals surface area contributed by atoms with Crippen molar-refractivity contribution in [2.24, 2.45) is 10.7 Å². The molecule has 0 radical (unpaired) electrons. The van der Waals surface area contributed by atoms with E-state index in [9.17, 15) is 0 Å². The fourth-order valence-electron chi connectivity index (χ4n) is 1.70. The maximum absolute atomic E-state index is 5.51. The molecule has 0 spiro atoms. The zero-order valence-corrected chi connectivity index (χ0v) is 7.98. The Labute approximate surface area is 83.0 Å². The molecule has 4 heteroatoms. The maximum atomic E-state index is 5.51. The average molecular weight is 190 g/mol. The Balaban J connectivity index is 2.23. The number of nitrogens with one attached hydrogen (secondary N) is 1. The zero-order chi connectivity index (χ0) is 9.86. The minimum atomic E-state index is -0.289. The van der Waals surface area contributed by atoms with Crippen LogP contribution in [0.1, 0.15) is 18.7 Å². The monoisotopic (exact) mass is 190 g/mol. The van der Waals surface area contributed by atoms with Gasteiger partial charge in [-0.15, -0.1) is 0 Å². The molecule has 0 aliphatic carbocycles. The van der Waals surface area contributed by atoms with E-state index < -0.39 is 0 Å². The second kappa shape index (κ2) is 3.75. The summed E-state index contributed by atoms with van der Waals surface area (Å²) in [5.74, 6) is 0.899. The van der Waals surface area contributed by atoms with Gasteiger partial charge in [0.1, 0.15) is 11.4 Å². The average Bonchev–Trinajstić information content (AvgIpc) is 2.86. The van der Waals surface area contributed by atoms with Gasteiger partial charge in [0.25, 0.3) is 0 Å². The smallest absolute Gasteiger partial charge is 0.138 e. The lowest BCUT2D eigenvalue weighted by molar-refractivity contribution is 0.481. The molecule has 1 aliphatic rings. The first-order valence-electron chi connectivity index (χ1n) is 4.80. The standard InChI is InChI=1S/C10H14N4/c11-5-1-3-10(4-2-6-14-10)9-12-7-8-13-9/h2,4,6-8H,1,3,5,11H2,(H,12,13). The van der Waals surface area contributed by atoms with Crippen molar-refractivity contribution in [3.63, 3.8) is 0 Å². The quantitative estimate of drug-likeness (QED) is 0.743. The molecule has 74 valence electrons. The van der Waals surface area contributed by atoms with Crippen LogP contribution in [0.4, 0.5) is 0 Å². The molecule has 0 saturated carbocycles. The van der Waals surface area contributed by atoms with E-state index in [2.05, 4.69) is 21.0 Å². The Morgan fingerprint density at radius 3 is 3.00 bits per heavy atom. The van der Waals surface area contributed by atoms with E-state index >= 15 is 0 Å². The van der Waals surface area contributed by atoms with E-state index in [1.807, 2.05) is 18.5 Å². The lowest BCUT2D eigenvalue weighted by Crippen LogP contribution is -2.22. The van der Waals surface area contributed by atoms with E-state index in [0.717, 1.165) is 18.7 Å². The topological polar surface area (TPSA) is 67.1 Å². The molecule has 1 unspecified atom stereocenters. The minimum Gasteiger partial charge on any atom is -0.346 e. The van der Waals surface area contributed by atoms with Crippen molar-refractivity contribution in [1.82, 2.24) is 9.97 Å². The van der Waals surface area contributed by atoms with Gasteiger partial charge >= 0.3 is 0 Å². The van der Waals surface area contributed by atoms with Crippen LogP contribution in [0.5, 0.6) is 0 Å². The number of rotatable bonds is 4. The number of imidazole rings is 1. The van der Waals surface area contributed by atoms with Gasteiger partial charge in [0.15, 0.2) is 0 Å². The van der Waals surface area contributed by atoms with Crippen LogP contribution in [0.3, 0.4) is 0 Å². The number of aliphatic imine (C=N–C) groups is 1. The Bertz CT molecular complexity index is 325. The van der Waals surface area contributed by atoms with Gasteiger partial charge in [-0.1, -0.05) is 0 Å². The van der Waals surface area contributed by atoms with Gasteiger partial charge in [0.05, 0.1) is 0 Å². The summed E-state index contributed by atoms with van der Waals surface area (Å²) in [6, 6.07) is 0. The molecule has 3 N–H and O–H groups in total. The third-order valence-electron chi connectivity index (χ3n) is 2.43. The van der Waals surface area contributed by atoms with Gasteiger partial charge in [-0.05, 0) is 31.5 Å². The zero-order valence-electron chi connectivity index (χ0n) is 7.98. The molecule has 0 saturated heterocycles. The summed E-state index contributed by atoms with van der Waals surface area (Å²) in [6.45, 7) is 0.686. The molecule has 14 heavy (non-hydrogen) atoms. The number of allylic oxidation sites excluding steroid dienone is 1. The fourth-order valence-corrected chi connectivity index (χ4v) is 1.70. The molecule has 4 nitrogen and oxygen atoms in total. The molecule has 2 heterocycles. The summed E-state index contributed by atoms with van der Waals surface area (Å²) >= 11 is 0. The number of hydrogen-bond donors (Lipinski definition) is 2. The number of nitrogens with two attached hydrogens (primary N) is 1. The first-order chi connectivity index (χ1) is 6.87. The highest BCUT2D eigenvalue weighted by Crippen LogP contribution is 2.32. The molecule has 1 aliphatic heterocycles. The molecular formula is C10H14N4. The first kappa shape index (κ1) is 9.15. The van der Waals surface area contributed by atoms with Crippen LogP contribution in [0.2, 0.25) is 0 Å². The summed E-state index contributed by atoms with van der Waals surface area (Å²) in [4.78, 5) is 11.8. The number of aromatic amines is 1. The van der Waals surface area contributed by atoms with E-state index in [0.29, 0.717) is 6.54 Å². The largest absolute Gasteiger partial charge is 0.346 e. The maximum Gasteiger partial charge on any atom is 0.138 e. The van der Waals surface area contributed by atoms with E-state index in [4.69, 9.17) is 5.73 Å². The predicted octanol–water partition coefficient (Wildman–Crippen LogP) is 0.985. The second-order valence-corrected chi connectivity index (χ2v) is 3.39. The van der Waals surface area contributed by atoms with Crippen molar-refractivity contribution in [2.75, 3.05) is 6.54 Å². The Kier molecular flexibility index (Phi) is 2.45. The normalized spacial score (nSPS) is 24.6. The van der Waals surface area contributed by atoms with Crippen LogP contribution in [-0.2, 0) is 5.54 Å². The molecule has 1 aromatic heterocycles. The van der Waals surface area contributed by atoms with Crippen molar-refractivity contribution in [3.05, 3.63) is 30.4 Å². The lowest BCUT2D eigenvalue weighted by atomic mass is 9.94. The molecular weight excluding hydrogens is 176 g/mol. The minimum absolute atomic E-state index is 0.289. The molecule has 1 atom stereocenters. The summed E-state index contributed by atoms with van der Waals surface area (Å²) in [7, 11) is 0. The van der Waals surface area contributed by atoms with Crippen LogP contribution in [0.25, 0.3) is 0 Å². The predicted molar refractivity (Wildman–Crippen MR) is 56.2 cm³/mol. The molecule has 0 fully saturated rings. The highest BCUT2D eigenvalue weighted by molar-refractivity contribution is 5.75. The fraction of sp³-hybridized carbons (Fsp3) is 0.400. The van der Waals surface area contributed by atoms with Gasteiger partial charge < -0.3 is 10.7 Å². The summed E-state index contributed by atoms with van der Waals surface area (Å²) < 4.78 is 0. The van der Waals surface area contributed by atoms with Crippen molar-refractivity contribution in [2.45, 2.75) is 18.4 Å². The van der Waals surface area contributed by atoms with Gasteiger partial charge in [-0.2, -0.15) is 0 Å². The Hall–Kier alpha value is -1.42. The first-order valence-corrected chi connectivity index (χ1v) is 4.80. The van der Waals surface area contributed by atoms with Crippen LogP contribution in [-0.4, -0.2) is 22.7 Å². The third kappa shape index (κ3) is 1.48. The van der Waals surface area contributed by atoms with Crippen molar-refractivity contribution >= 4 is 6.21 Å². The molecule has 0 bridgehead atoms. The number of H-pyrrole nitrogens is 1. The molecule has 0 amide bonds. The van der Waals surface area contributed by atoms with Gasteiger partial charge in [-0.25, -0.2) is 4.98 Å². The number of nitrogens with zero attached hydrogens (tertiary/aromatic N) is 2. The van der Waals surface area contributed by atoms with Crippen molar-refractivity contribution < 1.29 is 0 Å². The second-order valence-electron chi connectivity index (χ2n) is 3.39. The van der Waals surface area contributed by atoms with Gasteiger partial charge in [0.2, 0.25) is 0 Å². The lowest BCUT2D eigenvalue weighted by Gasteiger charge is -2.21. The third-order valence-corrected chi connectivity index (χ3v) is 2.43. The van der Waals surface area contributed by atoms with Gasteiger partial charge in [-0.3, -0.25) is 4.99 Å². The van der Waals surface area contributed by atoms with Crippen LogP contribution < -0.4 is 5.73 Å². The van der Waals surface area contributed by atoms with Crippen molar-refractivity contribution in [1.29, 1.82) is 0 Å². The Morgan fingerprint density at radius 1 is 1.50 bits per heavy atom. The van der Waals surface area contributed by atoms with Crippen molar-refractivity contribution in [3.8, 4) is 0 Å². The summed E-state index contributed by atoms with van der Waals surface area (Å²) in [5.41, 5.74) is 5.22.